The van der Waals surface area contributed by atoms with Crippen LogP contribution in [0.4, 0.5) is 0 Å². The van der Waals surface area contributed by atoms with Crippen LogP contribution < -0.4 is 0 Å². The van der Waals surface area contributed by atoms with E-state index in [1.54, 1.807) is 12.4 Å². The molecule has 1 saturated carbocycles. The highest BCUT2D eigenvalue weighted by molar-refractivity contribution is 6.31. The minimum atomic E-state index is -0.262. The third-order valence-electron chi connectivity index (χ3n) is 4.42. The Labute approximate surface area is 121 Å². The first-order chi connectivity index (χ1) is 9.20. The van der Waals surface area contributed by atoms with Crippen molar-refractivity contribution in [3.8, 4) is 0 Å². The van der Waals surface area contributed by atoms with E-state index in [1.165, 1.54) is 25.7 Å². The minimum absolute atomic E-state index is 0.262. The highest BCUT2D eigenvalue weighted by Crippen LogP contribution is 2.34. The van der Waals surface area contributed by atoms with Crippen molar-refractivity contribution in [1.29, 1.82) is 0 Å². The minimum Gasteiger partial charge on any atom is -0.392 e. The monoisotopic (exact) mass is 281 g/mol. The van der Waals surface area contributed by atoms with Gasteiger partial charge in [-0.05, 0) is 36.3 Å². The van der Waals surface area contributed by atoms with Gasteiger partial charge in [0.25, 0.3) is 0 Å². The molecule has 2 rings (SSSR count). The molecule has 0 amide bonds. The Morgan fingerprint density at radius 2 is 2.11 bits per heavy atom. The quantitative estimate of drug-likeness (QED) is 0.875. The van der Waals surface area contributed by atoms with Crippen LogP contribution in [0.2, 0.25) is 5.02 Å². The van der Waals surface area contributed by atoms with Gasteiger partial charge in [0.2, 0.25) is 0 Å². The molecular formula is C16H24ClNO. The Morgan fingerprint density at radius 1 is 1.37 bits per heavy atom. The summed E-state index contributed by atoms with van der Waals surface area (Å²) in [6.45, 7) is 2.26. The molecule has 0 spiro atoms. The largest absolute Gasteiger partial charge is 0.392 e. The average Bonchev–Trinajstić information content (AvgIpc) is 2.42. The molecule has 1 aromatic rings. The van der Waals surface area contributed by atoms with Crippen molar-refractivity contribution in [3.05, 3.63) is 29.0 Å². The molecule has 1 fully saturated rings. The summed E-state index contributed by atoms with van der Waals surface area (Å²) in [6.07, 6.45) is 11.3. The molecule has 1 aliphatic rings. The number of aliphatic hydroxyl groups is 1. The van der Waals surface area contributed by atoms with Gasteiger partial charge in [0.15, 0.2) is 0 Å². The summed E-state index contributed by atoms with van der Waals surface area (Å²) in [5.41, 5.74) is 1.01. The van der Waals surface area contributed by atoms with E-state index in [1.807, 2.05) is 6.07 Å². The van der Waals surface area contributed by atoms with Crippen molar-refractivity contribution in [2.24, 2.45) is 11.8 Å². The molecule has 0 saturated heterocycles. The maximum Gasteiger partial charge on any atom is 0.0622 e. The number of nitrogens with zero attached hydrogens (tertiary/aromatic N) is 1. The summed E-state index contributed by atoms with van der Waals surface area (Å²) in [5, 5.41) is 11.1. The predicted molar refractivity (Wildman–Crippen MR) is 79.3 cm³/mol. The molecule has 3 heteroatoms. The molecule has 19 heavy (non-hydrogen) atoms. The smallest absolute Gasteiger partial charge is 0.0622 e. The highest BCUT2D eigenvalue weighted by atomic mass is 35.5. The number of rotatable bonds is 5. The number of aliphatic hydroxyl groups excluding tert-OH is 1. The maximum atomic E-state index is 10.4. The zero-order chi connectivity index (χ0) is 13.7. The maximum absolute atomic E-state index is 10.4. The van der Waals surface area contributed by atoms with E-state index in [0.717, 1.165) is 24.3 Å². The first-order valence-corrected chi connectivity index (χ1v) is 7.85. The van der Waals surface area contributed by atoms with E-state index in [4.69, 9.17) is 11.6 Å². The van der Waals surface area contributed by atoms with Gasteiger partial charge in [-0.15, -0.1) is 0 Å². The van der Waals surface area contributed by atoms with Crippen LogP contribution in [-0.2, 0) is 6.42 Å². The van der Waals surface area contributed by atoms with Crippen molar-refractivity contribution >= 4 is 11.6 Å². The summed E-state index contributed by atoms with van der Waals surface area (Å²) in [4.78, 5) is 3.98. The van der Waals surface area contributed by atoms with Gasteiger partial charge < -0.3 is 5.11 Å². The lowest BCUT2D eigenvalue weighted by Crippen LogP contribution is -2.27. The van der Waals surface area contributed by atoms with Crippen LogP contribution in [0.1, 0.15) is 51.0 Å². The lowest BCUT2D eigenvalue weighted by atomic mass is 9.77. The van der Waals surface area contributed by atoms with Gasteiger partial charge in [-0.2, -0.15) is 0 Å². The zero-order valence-electron chi connectivity index (χ0n) is 11.7. The number of pyridine rings is 1. The van der Waals surface area contributed by atoms with Crippen LogP contribution in [-0.4, -0.2) is 16.2 Å². The first-order valence-electron chi connectivity index (χ1n) is 7.47. The lowest BCUT2D eigenvalue weighted by molar-refractivity contribution is 0.0728. The standard InChI is InChI=1S/C16H24ClNO/c1-2-3-12-4-6-13(7-5-12)16(19)10-14-8-9-18-11-15(14)17/h8-9,11-13,16,19H,2-7,10H2,1H3. The van der Waals surface area contributed by atoms with Gasteiger partial charge in [-0.1, -0.05) is 44.2 Å². The molecule has 1 aromatic heterocycles. The van der Waals surface area contributed by atoms with Gasteiger partial charge in [0.1, 0.15) is 0 Å². The van der Waals surface area contributed by atoms with Gasteiger partial charge in [-0.25, -0.2) is 0 Å². The van der Waals surface area contributed by atoms with E-state index in [-0.39, 0.29) is 6.10 Å². The van der Waals surface area contributed by atoms with Crippen molar-refractivity contribution in [2.75, 3.05) is 0 Å². The van der Waals surface area contributed by atoms with E-state index >= 15 is 0 Å². The number of aromatic nitrogens is 1. The molecule has 1 N–H and O–H groups in total. The Bertz CT molecular complexity index is 388. The molecule has 0 aromatic carbocycles. The third-order valence-corrected chi connectivity index (χ3v) is 4.76. The average molecular weight is 282 g/mol. The Morgan fingerprint density at radius 3 is 2.74 bits per heavy atom. The first kappa shape index (κ1) is 14.8. The van der Waals surface area contributed by atoms with Gasteiger partial charge in [0, 0.05) is 18.8 Å². The molecule has 0 aliphatic heterocycles. The van der Waals surface area contributed by atoms with Crippen LogP contribution in [0.3, 0.4) is 0 Å². The second kappa shape index (κ2) is 7.25. The molecule has 2 nitrogen and oxygen atoms in total. The topological polar surface area (TPSA) is 33.1 Å². The molecule has 106 valence electrons. The van der Waals surface area contributed by atoms with E-state index in [0.29, 0.717) is 17.4 Å². The summed E-state index contributed by atoms with van der Waals surface area (Å²) in [7, 11) is 0. The van der Waals surface area contributed by atoms with Crippen LogP contribution in [0.5, 0.6) is 0 Å². The summed E-state index contributed by atoms with van der Waals surface area (Å²) >= 11 is 6.10. The zero-order valence-corrected chi connectivity index (χ0v) is 12.4. The fourth-order valence-corrected chi connectivity index (χ4v) is 3.43. The molecule has 0 bridgehead atoms. The summed E-state index contributed by atoms with van der Waals surface area (Å²) < 4.78 is 0. The van der Waals surface area contributed by atoms with Crippen LogP contribution in [0, 0.1) is 11.8 Å². The number of halogens is 1. The number of hydrogen-bond acceptors (Lipinski definition) is 2. The summed E-state index contributed by atoms with van der Waals surface area (Å²) in [5.74, 6) is 1.33. The summed E-state index contributed by atoms with van der Waals surface area (Å²) in [6, 6.07) is 1.91. The second-order valence-corrected chi connectivity index (χ2v) is 6.22. The molecule has 1 aliphatic carbocycles. The Hall–Kier alpha value is -0.600. The second-order valence-electron chi connectivity index (χ2n) is 5.81. The van der Waals surface area contributed by atoms with Crippen molar-refractivity contribution in [2.45, 2.75) is 58.0 Å². The lowest BCUT2D eigenvalue weighted by Gasteiger charge is -2.31. The van der Waals surface area contributed by atoms with Crippen LogP contribution in [0.25, 0.3) is 0 Å². The van der Waals surface area contributed by atoms with Crippen molar-refractivity contribution < 1.29 is 5.11 Å². The molecule has 0 radical (unpaired) electrons. The van der Waals surface area contributed by atoms with Crippen molar-refractivity contribution in [1.82, 2.24) is 4.98 Å². The van der Waals surface area contributed by atoms with Gasteiger partial charge in [0.05, 0.1) is 11.1 Å². The van der Waals surface area contributed by atoms with Crippen molar-refractivity contribution in [3.63, 3.8) is 0 Å². The predicted octanol–water partition coefficient (Wildman–Crippen LogP) is 4.24. The fourth-order valence-electron chi connectivity index (χ4n) is 3.23. The normalized spacial score (nSPS) is 25.2. The number of hydrogen-bond donors (Lipinski definition) is 1. The van der Waals surface area contributed by atoms with Gasteiger partial charge >= 0.3 is 0 Å². The molecular weight excluding hydrogens is 258 g/mol. The molecule has 1 atom stereocenters. The van der Waals surface area contributed by atoms with E-state index in [9.17, 15) is 5.11 Å². The molecule has 1 heterocycles. The Balaban J connectivity index is 1.85. The molecule has 1 unspecified atom stereocenters. The van der Waals surface area contributed by atoms with Crippen LogP contribution >= 0.6 is 11.6 Å². The Kier molecular flexibility index (Phi) is 5.65. The van der Waals surface area contributed by atoms with E-state index in [2.05, 4.69) is 11.9 Å². The van der Waals surface area contributed by atoms with Crippen LogP contribution in [0.15, 0.2) is 18.5 Å². The SMILES string of the molecule is CCCC1CCC(C(O)Cc2ccncc2Cl)CC1. The third kappa shape index (κ3) is 4.19. The van der Waals surface area contributed by atoms with Gasteiger partial charge in [-0.3, -0.25) is 4.98 Å². The van der Waals surface area contributed by atoms with E-state index < -0.39 is 0 Å². The highest BCUT2D eigenvalue weighted by Gasteiger charge is 2.26. The fraction of sp³-hybridized carbons (Fsp3) is 0.688.